The molecule has 0 amide bonds. The van der Waals surface area contributed by atoms with Crippen LogP contribution in [0.2, 0.25) is 0 Å². The van der Waals surface area contributed by atoms with Crippen molar-refractivity contribution in [2.45, 2.75) is 25.8 Å². The second-order valence-electron chi connectivity index (χ2n) is 4.13. The second-order valence-corrected chi connectivity index (χ2v) is 4.13. The average molecular weight is 205 g/mol. The minimum Gasteiger partial charge on any atom is -0.480 e. The monoisotopic (exact) mass is 205 g/mol. The van der Waals surface area contributed by atoms with Crippen molar-refractivity contribution in [1.82, 2.24) is 0 Å². The molecule has 0 unspecified atom stereocenters. The van der Waals surface area contributed by atoms with Gasteiger partial charge in [-0.2, -0.15) is 0 Å². The van der Waals surface area contributed by atoms with E-state index in [9.17, 15) is 4.79 Å². The summed E-state index contributed by atoms with van der Waals surface area (Å²) in [5.74, 6) is -0.345. The van der Waals surface area contributed by atoms with Crippen molar-refractivity contribution in [3.8, 4) is 0 Å². The molecule has 80 valence electrons. The molecule has 2 rings (SSSR count). The van der Waals surface area contributed by atoms with E-state index < -0.39 is 12.0 Å². The zero-order valence-electron chi connectivity index (χ0n) is 8.97. The Morgan fingerprint density at radius 2 is 2.20 bits per heavy atom. The molecule has 0 saturated heterocycles. The van der Waals surface area contributed by atoms with Crippen LogP contribution in [-0.2, 0) is 4.79 Å². The fourth-order valence-corrected chi connectivity index (χ4v) is 2.16. The van der Waals surface area contributed by atoms with Gasteiger partial charge in [-0.3, -0.25) is 0 Å². The van der Waals surface area contributed by atoms with Crippen molar-refractivity contribution >= 4 is 11.7 Å². The number of rotatable bonds is 2. The van der Waals surface area contributed by atoms with E-state index in [1.165, 1.54) is 5.56 Å². The molecular formula is C12H15NO2. The minimum atomic E-state index is -0.765. The molecule has 1 aliphatic rings. The molecule has 1 N–H and O–H groups in total. The van der Waals surface area contributed by atoms with Gasteiger partial charge >= 0.3 is 5.97 Å². The number of aliphatic carboxylic acids is 1. The molecule has 0 aromatic heterocycles. The molecular weight excluding hydrogens is 190 g/mol. The highest BCUT2D eigenvalue weighted by Crippen LogP contribution is 2.36. The van der Waals surface area contributed by atoms with Gasteiger partial charge in [0.25, 0.3) is 0 Å². The predicted octanol–water partition coefficient (Wildman–Crippen LogP) is 2.08. The Labute approximate surface area is 89.3 Å². The lowest BCUT2D eigenvalue weighted by molar-refractivity contribution is -0.138. The highest BCUT2D eigenvalue weighted by atomic mass is 16.4. The number of carbonyl (C=O) groups is 1. The fraction of sp³-hybridized carbons (Fsp3) is 0.417. The zero-order chi connectivity index (χ0) is 11.0. The van der Waals surface area contributed by atoms with Gasteiger partial charge in [-0.1, -0.05) is 25.1 Å². The highest BCUT2D eigenvalue weighted by Gasteiger charge is 2.30. The van der Waals surface area contributed by atoms with Crippen LogP contribution in [0.15, 0.2) is 24.3 Å². The molecule has 0 saturated carbocycles. The maximum atomic E-state index is 11.0. The van der Waals surface area contributed by atoms with Gasteiger partial charge in [-0.15, -0.1) is 0 Å². The largest absolute Gasteiger partial charge is 0.480 e. The van der Waals surface area contributed by atoms with E-state index in [1.807, 2.05) is 23.1 Å². The predicted molar refractivity (Wildman–Crippen MR) is 59.3 cm³/mol. The molecule has 0 radical (unpaired) electrons. The first-order valence-corrected chi connectivity index (χ1v) is 5.19. The third-order valence-corrected chi connectivity index (χ3v) is 3.07. The van der Waals surface area contributed by atoms with E-state index in [1.54, 1.807) is 6.92 Å². The maximum absolute atomic E-state index is 11.0. The quantitative estimate of drug-likeness (QED) is 0.803. The van der Waals surface area contributed by atoms with Crippen molar-refractivity contribution in [3.05, 3.63) is 29.8 Å². The topological polar surface area (TPSA) is 40.5 Å². The van der Waals surface area contributed by atoms with Gasteiger partial charge < -0.3 is 10.0 Å². The van der Waals surface area contributed by atoms with Crippen LogP contribution >= 0.6 is 0 Å². The number of fused-ring (bicyclic) bond motifs is 1. The van der Waals surface area contributed by atoms with Crippen LogP contribution < -0.4 is 4.90 Å². The lowest BCUT2D eigenvalue weighted by atomic mass is 10.0. The number of anilines is 1. The molecule has 0 fully saturated rings. The van der Waals surface area contributed by atoms with Crippen molar-refractivity contribution < 1.29 is 9.90 Å². The smallest absolute Gasteiger partial charge is 0.326 e. The minimum absolute atomic E-state index is 0.419. The fourth-order valence-electron chi connectivity index (χ4n) is 2.16. The number of carboxylic acid groups (broad SMARTS) is 1. The van der Waals surface area contributed by atoms with E-state index >= 15 is 0 Å². The Bertz CT molecular complexity index is 389. The van der Waals surface area contributed by atoms with Gasteiger partial charge in [-0.25, -0.2) is 4.79 Å². The number of benzene rings is 1. The summed E-state index contributed by atoms with van der Waals surface area (Å²) in [5.41, 5.74) is 2.32. The first kappa shape index (κ1) is 10.0. The Morgan fingerprint density at radius 3 is 2.87 bits per heavy atom. The number of nitrogens with zero attached hydrogens (tertiary/aromatic N) is 1. The van der Waals surface area contributed by atoms with Gasteiger partial charge in [0.1, 0.15) is 6.04 Å². The van der Waals surface area contributed by atoms with Crippen LogP contribution in [0.4, 0.5) is 5.69 Å². The summed E-state index contributed by atoms with van der Waals surface area (Å²) in [4.78, 5) is 12.9. The van der Waals surface area contributed by atoms with Crippen molar-refractivity contribution in [2.24, 2.45) is 0 Å². The van der Waals surface area contributed by atoms with E-state index in [0.717, 1.165) is 12.2 Å². The van der Waals surface area contributed by atoms with Crippen LogP contribution in [0.3, 0.4) is 0 Å². The number of hydrogen-bond donors (Lipinski definition) is 1. The number of hydrogen-bond acceptors (Lipinski definition) is 2. The Hall–Kier alpha value is -1.51. The Kier molecular flexibility index (Phi) is 2.39. The van der Waals surface area contributed by atoms with Gasteiger partial charge in [0.15, 0.2) is 0 Å². The molecule has 0 aliphatic carbocycles. The van der Waals surface area contributed by atoms with Crippen LogP contribution in [0.1, 0.15) is 25.3 Å². The molecule has 1 heterocycles. The van der Waals surface area contributed by atoms with Crippen molar-refractivity contribution in [1.29, 1.82) is 0 Å². The maximum Gasteiger partial charge on any atom is 0.326 e. The first-order valence-electron chi connectivity index (χ1n) is 5.19. The lowest BCUT2D eigenvalue weighted by Gasteiger charge is -2.24. The zero-order valence-corrected chi connectivity index (χ0v) is 8.97. The summed E-state index contributed by atoms with van der Waals surface area (Å²) in [5, 5.41) is 9.01. The summed E-state index contributed by atoms with van der Waals surface area (Å²) in [6.07, 6.45) is 0. The summed E-state index contributed by atoms with van der Waals surface area (Å²) in [6.45, 7) is 4.66. The summed E-state index contributed by atoms with van der Waals surface area (Å²) in [7, 11) is 0. The van der Waals surface area contributed by atoms with Crippen LogP contribution in [0.5, 0.6) is 0 Å². The molecule has 1 aliphatic heterocycles. The second kappa shape index (κ2) is 3.57. The van der Waals surface area contributed by atoms with Crippen LogP contribution in [-0.4, -0.2) is 23.7 Å². The molecule has 0 spiro atoms. The standard InChI is InChI=1S/C12H15NO2/c1-8-7-13(9(2)12(14)15)11-6-4-3-5-10(8)11/h3-6,8-9H,7H2,1-2H3,(H,14,15)/t8-,9+/m1/s1. The normalized spacial score (nSPS) is 21.2. The van der Waals surface area contributed by atoms with Crippen LogP contribution in [0.25, 0.3) is 0 Å². The summed E-state index contributed by atoms with van der Waals surface area (Å²) >= 11 is 0. The average Bonchev–Trinajstić information content (AvgIpc) is 2.56. The van der Waals surface area contributed by atoms with Gasteiger partial charge in [-0.05, 0) is 18.6 Å². The first-order chi connectivity index (χ1) is 7.11. The molecule has 3 nitrogen and oxygen atoms in total. The van der Waals surface area contributed by atoms with Gasteiger partial charge in [0.05, 0.1) is 0 Å². The van der Waals surface area contributed by atoms with Gasteiger partial charge in [0.2, 0.25) is 0 Å². The lowest BCUT2D eigenvalue weighted by Crippen LogP contribution is -2.38. The summed E-state index contributed by atoms with van der Waals surface area (Å²) in [6, 6.07) is 7.59. The number of carboxylic acids is 1. The SMILES string of the molecule is C[C@@H]1CN([C@@H](C)C(=O)O)c2ccccc21. The molecule has 1 aromatic rings. The van der Waals surface area contributed by atoms with E-state index in [0.29, 0.717) is 5.92 Å². The van der Waals surface area contributed by atoms with E-state index in [-0.39, 0.29) is 0 Å². The molecule has 2 atom stereocenters. The molecule has 15 heavy (non-hydrogen) atoms. The van der Waals surface area contributed by atoms with Crippen LogP contribution in [0, 0.1) is 0 Å². The van der Waals surface area contributed by atoms with Gasteiger partial charge in [0, 0.05) is 18.2 Å². The molecule has 3 heteroatoms. The Balaban J connectivity index is 2.36. The molecule has 0 bridgehead atoms. The summed E-state index contributed by atoms with van der Waals surface area (Å²) < 4.78 is 0. The highest BCUT2D eigenvalue weighted by molar-refractivity contribution is 5.79. The van der Waals surface area contributed by atoms with Crippen molar-refractivity contribution in [2.75, 3.05) is 11.4 Å². The van der Waals surface area contributed by atoms with E-state index in [4.69, 9.17) is 5.11 Å². The van der Waals surface area contributed by atoms with Crippen molar-refractivity contribution in [3.63, 3.8) is 0 Å². The Morgan fingerprint density at radius 1 is 1.53 bits per heavy atom. The number of para-hydroxylation sites is 1. The van der Waals surface area contributed by atoms with E-state index in [2.05, 4.69) is 13.0 Å². The third-order valence-electron chi connectivity index (χ3n) is 3.07. The molecule has 1 aromatic carbocycles. The third kappa shape index (κ3) is 1.58.